The topological polar surface area (TPSA) is 87.2 Å². The molecule has 0 bridgehead atoms. The number of benzene rings is 2. The molecule has 0 spiro atoms. The first-order valence-electron chi connectivity index (χ1n) is 10.4. The Balaban J connectivity index is 1.39. The third kappa shape index (κ3) is 5.11. The summed E-state index contributed by atoms with van der Waals surface area (Å²) in [5.74, 6) is -0.733. The summed E-state index contributed by atoms with van der Waals surface area (Å²) in [5.41, 5.74) is 3.40. The number of nitrogens with one attached hydrogen (secondary N) is 2. The second-order valence-corrected chi connectivity index (χ2v) is 8.95. The van der Waals surface area contributed by atoms with Gasteiger partial charge in [-0.2, -0.15) is 0 Å². The zero-order valence-corrected chi connectivity index (χ0v) is 18.7. The van der Waals surface area contributed by atoms with Gasteiger partial charge in [0.15, 0.2) is 0 Å². The van der Waals surface area contributed by atoms with Gasteiger partial charge in [-0.15, -0.1) is 10.2 Å². The summed E-state index contributed by atoms with van der Waals surface area (Å²) < 4.78 is 13.0. The van der Waals surface area contributed by atoms with Crippen LogP contribution in [0.5, 0.6) is 0 Å². The van der Waals surface area contributed by atoms with Crippen molar-refractivity contribution in [3.63, 3.8) is 0 Å². The second kappa shape index (κ2) is 9.44. The highest BCUT2D eigenvalue weighted by Gasteiger charge is 2.28. The molecule has 1 aliphatic rings. The van der Waals surface area contributed by atoms with Crippen molar-refractivity contribution >= 4 is 34.6 Å². The quantitative estimate of drug-likeness (QED) is 0.585. The highest BCUT2D eigenvalue weighted by molar-refractivity contribution is 7.13. The Kier molecular flexibility index (Phi) is 6.45. The van der Waals surface area contributed by atoms with Crippen LogP contribution in [0.25, 0.3) is 0 Å². The fourth-order valence-electron chi connectivity index (χ4n) is 3.64. The lowest BCUT2D eigenvalue weighted by Crippen LogP contribution is -2.41. The van der Waals surface area contributed by atoms with E-state index in [-0.39, 0.29) is 28.7 Å². The minimum Gasteiger partial charge on any atom is -0.324 e. The SMILES string of the molecule is Cc1ccc(C)c(NC(=O)N2CCC[C@@H](c3nnc(C(=O)Nc4ccc(F)cc4)s3)C2)c1. The Hall–Kier alpha value is -3.33. The molecule has 32 heavy (non-hydrogen) atoms. The van der Waals surface area contributed by atoms with E-state index in [1.165, 1.54) is 35.6 Å². The third-order valence-electron chi connectivity index (χ3n) is 5.43. The van der Waals surface area contributed by atoms with E-state index in [2.05, 4.69) is 20.8 Å². The van der Waals surface area contributed by atoms with Gasteiger partial charge in [-0.05, 0) is 68.1 Å². The van der Waals surface area contributed by atoms with Crippen molar-refractivity contribution in [2.24, 2.45) is 0 Å². The number of amides is 3. The molecule has 7 nitrogen and oxygen atoms in total. The molecule has 1 saturated heterocycles. The summed E-state index contributed by atoms with van der Waals surface area (Å²) in [4.78, 5) is 27.1. The summed E-state index contributed by atoms with van der Waals surface area (Å²) in [6, 6.07) is 11.4. The molecule has 2 N–H and O–H groups in total. The zero-order valence-electron chi connectivity index (χ0n) is 17.9. The number of halogens is 1. The molecule has 1 aliphatic heterocycles. The van der Waals surface area contributed by atoms with Crippen LogP contribution in [-0.4, -0.2) is 40.1 Å². The van der Waals surface area contributed by atoms with E-state index in [9.17, 15) is 14.0 Å². The molecule has 3 aromatic rings. The fraction of sp³-hybridized carbons (Fsp3) is 0.304. The number of aryl methyl sites for hydroxylation is 2. The van der Waals surface area contributed by atoms with E-state index in [1.54, 1.807) is 4.90 Å². The van der Waals surface area contributed by atoms with Gasteiger partial charge in [0.05, 0.1) is 0 Å². The number of urea groups is 1. The predicted molar refractivity (Wildman–Crippen MR) is 123 cm³/mol. The third-order valence-corrected chi connectivity index (χ3v) is 6.51. The van der Waals surface area contributed by atoms with Crippen LogP contribution in [0.4, 0.5) is 20.6 Å². The van der Waals surface area contributed by atoms with Crippen LogP contribution in [0.3, 0.4) is 0 Å². The smallest absolute Gasteiger partial charge is 0.321 e. The molecule has 0 aliphatic carbocycles. The average Bonchev–Trinajstić information content (AvgIpc) is 3.28. The second-order valence-electron chi connectivity index (χ2n) is 7.94. The van der Waals surface area contributed by atoms with Crippen LogP contribution >= 0.6 is 11.3 Å². The van der Waals surface area contributed by atoms with Gasteiger partial charge in [-0.1, -0.05) is 23.5 Å². The van der Waals surface area contributed by atoms with Crippen LogP contribution in [0, 0.1) is 19.7 Å². The van der Waals surface area contributed by atoms with E-state index >= 15 is 0 Å². The first-order valence-corrected chi connectivity index (χ1v) is 11.2. The highest BCUT2D eigenvalue weighted by Crippen LogP contribution is 2.30. The summed E-state index contributed by atoms with van der Waals surface area (Å²) in [6.45, 7) is 5.15. The molecule has 0 unspecified atom stereocenters. The maximum atomic E-state index is 13.0. The van der Waals surface area contributed by atoms with Crippen LogP contribution in [0.1, 0.15) is 44.7 Å². The van der Waals surface area contributed by atoms with Crippen molar-refractivity contribution in [3.05, 3.63) is 69.4 Å². The van der Waals surface area contributed by atoms with Crippen molar-refractivity contribution < 1.29 is 14.0 Å². The molecule has 4 rings (SSSR count). The lowest BCUT2D eigenvalue weighted by molar-refractivity contribution is 0.102. The molecule has 1 atom stereocenters. The van der Waals surface area contributed by atoms with E-state index < -0.39 is 0 Å². The number of piperidine rings is 1. The first kappa shape index (κ1) is 21.9. The summed E-state index contributed by atoms with van der Waals surface area (Å²) >= 11 is 1.23. The Labute approximate surface area is 189 Å². The van der Waals surface area contributed by atoms with Crippen LogP contribution < -0.4 is 10.6 Å². The largest absolute Gasteiger partial charge is 0.324 e. The maximum Gasteiger partial charge on any atom is 0.321 e. The lowest BCUT2D eigenvalue weighted by Gasteiger charge is -2.31. The molecular formula is C23H24FN5O2S. The first-order chi connectivity index (χ1) is 15.4. The van der Waals surface area contributed by atoms with Gasteiger partial charge < -0.3 is 15.5 Å². The van der Waals surface area contributed by atoms with Gasteiger partial charge in [-0.25, -0.2) is 9.18 Å². The van der Waals surface area contributed by atoms with Gasteiger partial charge in [-0.3, -0.25) is 4.79 Å². The zero-order chi connectivity index (χ0) is 22.7. The van der Waals surface area contributed by atoms with E-state index in [0.29, 0.717) is 18.8 Å². The molecule has 9 heteroatoms. The van der Waals surface area contributed by atoms with Gasteiger partial charge in [0.2, 0.25) is 5.01 Å². The number of likely N-dealkylation sites (tertiary alicyclic amines) is 1. The Morgan fingerprint density at radius 3 is 2.66 bits per heavy atom. The van der Waals surface area contributed by atoms with Gasteiger partial charge >= 0.3 is 6.03 Å². The van der Waals surface area contributed by atoms with Crippen LogP contribution in [0.15, 0.2) is 42.5 Å². The summed E-state index contributed by atoms with van der Waals surface area (Å²) in [5, 5.41) is 14.9. The molecule has 166 valence electrons. The molecule has 2 aromatic carbocycles. The summed E-state index contributed by atoms with van der Waals surface area (Å²) in [6.07, 6.45) is 1.73. The minimum atomic E-state index is -0.388. The number of carbonyl (C=O) groups is 2. The van der Waals surface area contributed by atoms with Crippen molar-refractivity contribution in [3.8, 4) is 0 Å². The number of hydrogen-bond donors (Lipinski definition) is 2. The average molecular weight is 454 g/mol. The minimum absolute atomic E-state index is 0.0259. The number of aromatic nitrogens is 2. The van der Waals surface area contributed by atoms with Gasteiger partial charge in [0, 0.05) is 30.4 Å². The van der Waals surface area contributed by atoms with Crippen molar-refractivity contribution in [2.45, 2.75) is 32.6 Å². The Morgan fingerprint density at radius 2 is 1.88 bits per heavy atom. The fourth-order valence-corrected chi connectivity index (χ4v) is 4.50. The molecule has 1 aromatic heterocycles. The van der Waals surface area contributed by atoms with Crippen molar-refractivity contribution in [1.82, 2.24) is 15.1 Å². The molecule has 2 heterocycles. The number of anilines is 2. The number of carbonyl (C=O) groups excluding carboxylic acids is 2. The van der Waals surface area contributed by atoms with Gasteiger partial charge in [0.25, 0.3) is 5.91 Å². The van der Waals surface area contributed by atoms with E-state index in [4.69, 9.17) is 0 Å². The van der Waals surface area contributed by atoms with Crippen molar-refractivity contribution in [2.75, 3.05) is 23.7 Å². The van der Waals surface area contributed by atoms with Gasteiger partial charge in [0.1, 0.15) is 10.8 Å². The van der Waals surface area contributed by atoms with Crippen LogP contribution in [-0.2, 0) is 0 Å². The summed E-state index contributed by atoms with van der Waals surface area (Å²) in [7, 11) is 0. The van der Waals surface area contributed by atoms with E-state index in [1.807, 2.05) is 32.0 Å². The molecule has 0 radical (unpaired) electrons. The van der Waals surface area contributed by atoms with Crippen molar-refractivity contribution in [1.29, 1.82) is 0 Å². The molecule has 3 amide bonds. The number of hydrogen-bond acceptors (Lipinski definition) is 5. The molecule has 1 fully saturated rings. The Bertz CT molecular complexity index is 1130. The lowest BCUT2D eigenvalue weighted by atomic mass is 9.99. The van der Waals surface area contributed by atoms with E-state index in [0.717, 1.165) is 34.7 Å². The number of rotatable bonds is 4. The standard InChI is InChI=1S/C23H24FN5O2S/c1-14-5-6-15(2)19(12-14)26-23(31)29-11-3-4-16(13-29)21-27-28-22(32-21)20(30)25-18-9-7-17(24)8-10-18/h5-10,12,16H,3-4,11,13H2,1-2H3,(H,25,30)(H,26,31)/t16-/m1/s1. The monoisotopic (exact) mass is 453 g/mol. The van der Waals surface area contributed by atoms with Crippen LogP contribution in [0.2, 0.25) is 0 Å². The Morgan fingerprint density at radius 1 is 1.09 bits per heavy atom. The maximum absolute atomic E-state index is 13.0. The predicted octanol–water partition coefficient (Wildman–Crippen LogP) is 4.96. The molecule has 0 saturated carbocycles. The molecular weight excluding hydrogens is 429 g/mol. The highest BCUT2D eigenvalue weighted by atomic mass is 32.1. The normalized spacial score (nSPS) is 16.0. The number of nitrogens with zero attached hydrogens (tertiary/aromatic N) is 3.